The molecule has 0 fully saturated rings. The molecule has 3 nitrogen and oxygen atoms in total. The molecule has 0 saturated heterocycles. The highest BCUT2D eigenvalue weighted by atomic mass is 79.9. The number of benzene rings is 1. The van der Waals surface area contributed by atoms with Gasteiger partial charge in [0, 0.05) is 22.8 Å². The highest BCUT2D eigenvalue weighted by molar-refractivity contribution is 9.09. The van der Waals surface area contributed by atoms with Crippen LogP contribution in [-0.4, -0.2) is 19.2 Å². The van der Waals surface area contributed by atoms with Crippen LogP contribution in [0.4, 0.5) is 0 Å². The van der Waals surface area contributed by atoms with Crippen LogP contribution in [0.5, 0.6) is 11.5 Å². The third-order valence-electron chi connectivity index (χ3n) is 3.03. The Morgan fingerprint density at radius 1 is 1.25 bits per heavy atom. The van der Waals surface area contributed by atoms with Crippen LogP contribution in [0.25, 0.3) is 0 Å². The van der Waals surface area contributed by atoms with Gasteiger partial charge >= 0.3 is 0 Å². The van der Waals surface area contributed by atoms with Crippen molar-refractivity contribution < 1.29 is 9.47 Å². The van der Waals surface area contributed by atoms with Gasteiger partial charge in [0.05, 0.1) is 19.2 Å². The summed E-state index contributed by atoms with van der Waals surface area (Å²) in [6.45, 7) is 0. The van der Waals surface area contributed by atoms with Gasteiger partial charge in [-0.2, -0.15) is 0 Å². The first-order valence-corrected chi connectivity index (χ1v) is 7.39. The third kappa shape index (κ3) is 3.44. The van der Waals surface area contributed by atoms with Crippen molar-refractivity contribution >= 4 is 27.5 Å². The van der Waals surface area contributed by atoms with E-state index in [4.69, 9.17) is 21.1 Å². The second-order valence-electron chi connectivity index (χ2n) is 4.25. The Hall–Kier alpha value is -1.26. The normalized spacial score (nSPS) is 12.0. The smallest absolute Gasteiger partial charge is 0.123 e. The van der Waals surface area contributed by atoms with Crippen LogP contribution in [0.15, 0.2) is 36.7 Å². The summed E-state index contributed by atoms with van der Waals surface area (Å²) in [5.74, 6) is 1.61. The Balaban J connectivity index is 2.28. The molecule has 0 spiro atoms. The van der Waals surface area contributed by atoms with E-state index in [1.165, 1.54) is 0 Å². The van der Waals surface area contributed by atoms with Gasteiger partial charge in [-0.25, -0.2) is 0 Å². The maximum Gasteiger partial charge on any atom is 0.123 e. The van der Waals surface area contributed by atoms with E-state index in [2.05, 4.69) is 20.9 Å². The Bertz CT molecular complexity index is 592. The second kappa shape index (κ2) is 6.95. The highest BCUT2D eigenvalue weighted by Crippen LogP contribution is 2.37. The van der Waals surface area contributed by atoms with Crippen molar-refractivity contribution in [3.05, 3.63) is 52.8 Å². The molecular formula is C15H15BrClNO2. The van der Waals surface area contributed by atoms with E-state index in [0.717, 1.165) is 29.0 Å². The number of ether oxygens (including phenoxy) is 2. The third-order valence-corrected chi connectivity index (χ3v) is 4.19. The first kappa shape index (κ1) is 15.1. The average molecular weight is 357 g/mol. The molecule has 0 aliphatic heterocycles. The fraction of sp³-hybridized carbons (Fsp3) is 0.267. The Morgan fingerprint density at radius 3 is 2.70 bits per heavy atom. The molecule has 1 heterocycles. The van der Waals surface area contributed by atoms with Gasteiger partial charge < -0.3 is 9.47 Å². The molecule has 5 heteroatoms. The van der Waals surface area contributed by atoms with E-state index < -0.39 is 0 Å². The minimum atomic E-state index is 0.0763. The molecule has 2 rings (SSSR count). The zero-order valence-corrected chi connectivity index (χ0v) is 13.6. The van der Waals surface area contributed by atoms with Crippen molar-refractivity contribution in [1.82, 2.24) is 4.98 Å². The molecule has 1 aromatic carbocycles. The van der Waals surface area contributed by atoms with Crippen molar-refractivity contribution in [2.75, 3.05) is 14.2 Å². The van der Waals surface area contributed by atoms with E-state index in [0.29, 0.717) is 5.02 Å². The van der Waals surface area contributed by atoms with Crippen LogP contribution >= 0.6 is 27.5 Å². The molecule has 106 valence electrons. The first-order valence-electron chi connectivity index (χ1n) is 6.10. The molecule has 2 aromatic rings. The van der Waals surface area contributed by atoms with Crippen LogP contribution < -0.4 is 9.47 Å². The van der Waals surface area contributed by atoms with Crippen molar-refractivity contribution in [3.8, 4) is 11.5 Å². The van der Waals surface area contributed by atoms with Crippen molar-refractivity contribution in [2.45, 2.75) is 11.2 Å². The Kier molecular flexibility index (Phi) is 5.26. The van der Waals surface area contributed by atoms with Crippen LogP contribution in [0.2, 0.25) is 5.02 Å². The molecule has 0 amide bonds. The zero-order valence-electron chi connectivity index (χ0n) is 11.3. The quantitative estimate of drug-likeness (QED) is 0.743. The van der Waals surface area contributed by atoms with Crippen LogP contribution in [-0.2, 0) is 6.42 Å². The maximum atomic E-state index is 6.15. The summed E-state index contributed by atoms with van der Waals surface area (Å²) < 4.78 is 10.7. The number of halogens is 2. The fourth-order valence-corrected chi connectivity index (χ4v) is 2.86. The molecular weight excluding hydrogens is 342 g/mol. The van der Waals surface area contributed by atoms with Crippen molar-refractivity contribution in [1.29, 1.82) is 0 Å². The summed E-state index contributed by atoms with van der Waals surface area (Å²) in [5.41, 5.74) is 2.06. The first-order chi connectivity index (χ1) is 9.65. The van der Waals surface area contributed by atoms with Gasteiger partial charge in [0.1, 0.15) is 11.5 Å². The predicted octanol–water partition coefficient (Wildman–Crippen LogP) is 4.43. The summed E-state index contributed by atoms with van der Waals surface area (Å²) in [7, 11) is 3.30. The number of alkyl halides is 1. The predicted molar refractivity (Wildman–Crippen MR) is 84.2 cm³/mol. The van der Waals surface area contributed by atoms with Gasteiger partial charge in [-0.3, -0.25) is 4.98 Å². The number of rotatable bonds is 5. The van der Waals surface area contributed by atoms with Crippen molar-refractivity contribution in [2.24, 2.45) is 0 Å². The van der Waals surface area contributed by atoms with E-state index in [9.17, 15) is 0 Å². The average Bonchev–Trinajstić information content (AvgIpc) is 2.48. The minimum absolute atomic E-state index is 0.0763. The van der Waals surface area contributed by atoms with Gasteiger partial charge in [0.15, 0.2) is 0 Å². The van der Waals surface area contributed by atoms with E-state index >= 15 is 0 Å². The van der Waals surface area contributed by atoms with Gasteiger partial charge in [0.2, 0.25) is 0 Å². The molecule has 0 aliphatic rings. The molecule has 0 N–H and O–H groups in total. The molecule has 1 atom stereocenters. The summed E-state index contributed by atoms with van der Waals surface area (Å²) >= 11 is 9.85. The van der Waals surface area contributed by atoms with Gasteiger partial charge in [0.25, 0.3) is 0 Å². The molecule has 0 saturated carbocycles. The van der Waals surface area contributed by atoms with Gasteiger partial charge in [-0.15, -0.1) is 0 Å². The summed E-state index contributed by atoms with van der Waals surface area (Å²) in [6.07, 6.45) is 4.13. The molecule has 20 heavy (non-hydrogen) atoms. The van der Waals surface area contributed by atoms with E-state index in [1.807, 2.05) is 24.3 Å². The monoisotopic (exact) mass is 355 g/mol. The number of nitrogens with zero attached hydrogens (tertiary/aromatic N) is 1. The number of aromatic nitrogens is 1. The number of pyridine rings is 1. The number of hydrogen-bond donors (Lipinski definition) is 0. The largest absolute Gasteiger partial charge is 0.497 e. The molecule has 1 unspecified atom stereocenters. The molecule has 0 radical (unpaired) electrons. The Labute approximate surface area is 132 Å². The SMILES string of the molecule is COc1ccc(OC)c(C(Br)Cc2ccncc2Cl)c1. The lowest BCUT2D eigenvalue weighted by Crippen LogP contribution is -2.00. The zero-order chi connectivity index (χ0) is 14.5. The standard InChI is InChI=1S/C15H15BrClNO2/c1-19-11-3-4-15(20-2)12(8-11)13(16)7-10-5-6-18-9-14(10)17/h3-6,8-9,13H,7H2,1-2H3. The molecule has 0 bridgehead atoms. The lowest BCUT2D eigenvalue weighted by Gasteiger charge is -2.16. The van der Waals surface area contributed by atoms with E-state index in [1.54, 1.807) is 26.6 Å². The van der Waals surface area contributed by atoms with Crippen LogP contribution in [0.1, 0.15) is 16.0 Å². The molecule has 1 aromatic heterocycles. The fourth-order valence-electron chi connectivity index (χ4n) is 1.96. The minimum Gasteiger partial charge on any atom is -0.497 e. The summed E-state index contributed by atoms with van der Waals surface area (Å²) in [5, 5.41) is 0.666. The lowest BCUT2D eigenvalue weighted by molar-refractivity contribution is 0.398. The van der Waals surface area contributed by atoms with Crippen molar-refractivity contribution in [3.63, 3.8) is 0 Å². The van der Waals surface area contributed by atoms with Crippen LogP contribution in [0.3, 0.4) is 0 Å². The lowest BCUT2D eigenvalue weighted by atomic mass is 10.0. The van der Waals surface area contributed by atoms with Crippen LogP contribution in [0, 0.1) is 0 Å². The maximum absolute atomic E-state index is 6.15. The summed E-state index contributed by atoms with van der Waals surface area (Å²) in [4.78, 5) is 4.07. The van der Waals surface area contributed by atoms with Gasteiger partial charge in [-0.1, -0.05) is 27.5 Å². The Morgan fingerprint density at radius 2 is 2.05 bits per heavy atom. The van der Waals surface area contributed by atoms with E-state index in [-0.39, 0.29) is 4.83 Å². The highest BCUT2D eigenvalue weighted by Gasteiger charge is 2.16. The second-order valence-corrected chi connectivity index (χ2v) is 5.76. The summed E-state index contributed by atoms with van der Waals surface area (Å²) in [6, 6.07) is 7.66. The number of hydrogen-bond acceptors (Lipinski definition) is 3. The molecule has 0 aliphatic carbocycles. The van der Waals surface area contributed by atoms with Gasteiger partial charge in [-0.05, 0) is 36.2 Å². The number of methoxy groups -OCH3 is 2. The topological polar surface area (TPSA) is 31.4 Å².